The first-order chi connectivity index (χ1) is 8.86. The molecule has 0 aliphatic heterocycles. The van der Waals surface area contributed by atoms with Crippen molar-refractivity contribution in [3.8, 4) is 11.6 Å². The Hall–Kier alpha value is -1.66. The molecule has 0 unspecified atom stereocenters. The Morgan fingerprint density at radius 3 is 2.42 bits per heavy atom. The molecule has 0 saturated heterocycles. The number of sulfone groups is 1. The molecule has 0 bridgehead atoms. The van der Waals surface area contributed by atoms with Crippen molar-refractivity contribution in [3.05, 3.63) is 47.4 Å². The molecule has 0 amide bonds. The Morgan fingerprint density at radius 2 is 1.89 bits per heavy atom. The highest BCUT2D eigenvalue weighted by Crippen LogP contribution is 2.24. The number of nitrogens with zero attached hydrogens (tertiary/aromatic N) is 1. The van der Waals surface area contributed by atoms with Crippen LogP contribution in [0.5, 0.6) is 11.6 Å². The predicted molar refractivity (Wildman–Crippen MR) is 68.8 cm³/mol. The molecule has 0 fully saturated rings. The van der Waals surface area contributed by atoms with Crippen molar-refractivity contribution in [1.29, 1.82) is 0 Å². The van der Waals surface area contributed by atoms with Crippen molar-refractivity contribution in [1.82, 2.24) is 4.98 Å². The van der Waals surface area contributed by atoms with Crippen LogP contribution >= 0.6 is 11.6 Å². The average Bonchev–Trinajstić information content (AvgIpc) is 2.32. The maximum atomic E-state index is 13.4. The minimum atomic E-state index is -3.27. The number of hydrogen-bond acceptors (Lipinski definition) is 4. The fraction of sp³-hybridized carbons (Fsp3) is 0.0833. The SMILES string of the molecule is CS(=O)(=O)c1ccc(Oc2ncc(Cl)cc2F)cc1. The van der Waals surface area contributed by atoms with Gasteiger partial charge >= 0.3 is 0 Å². The van der Waals surface area contributed by atoms with E-state index in [2.05, 4.69) is 4.98 Å². The third kappa shape index (κ3) is 3.42. The average molecular weight is 302 g/mol. The summed E-state index contributed by atoms with van der Waals surface area (Å²) in [7, 11) is -3.27. The summed E-state index contributed by atoms with van der Waals surface area (Å²) in [6.07, 6.45) is 2.36. The van der Waals surface area contributed by atoms with E-state index >= 15 is 0 Å². The molecule has 1 aromatic carbocycles. The molecule has 0 saturated carbocycles. The molecule has 1 aromatic heterocycles. The van der Waals surface area contributed by atoms with Crippen LogP contribution in [0.3, 0.4) is 0 Å². The van der Waals surface area contributed by atoms with Gasteiger partial charge in [0.05, 0.1) is 9.92 Å². The second-order valence-corrected chi connectivity index (χ2v) is 6.24. The second-order valence-electron chi connectivity index (χ2n) is 3.79. The summed E-state index contributed by atoms with van der Waals surface area (Å²) in [4.78, 5) is 3.85. The molecule has 0 radical (unpaired) electrons. The second kappa shape index (κ2) is 5.14. The quantitative estimate of drug-likeness (QED) is 0.874. The first-order valence-electron chi connectivity index (χ1n) is 5.15. The lowest BCUT2D eigenvalue weighted by atomic mass is 10.3. The summed E-state index contributed by atoms with van der Waals surface area (Å²) in [6, 6.07) is 6.67. The number of rotatable bonds is 3. The molecule has 0 aliphatic rings. The van der Waals surface area contributed by atoms with E-state index in [0.29, 0.717) is 0 Å². The molecule has 4 nitrogen and oxygen atoms in total. The van der Waals surface area contributed by atoms with Gasteiger partial charge in [0.25, 0.3) is 5.88 Å². The van der Waals surface area contributed by atoms with Crippen molar-refractivity contribution in [3.63, 3.8) is 0 Å². The van der Waals surface area contributed by atoms with Crippen molar-refractivity contribution < 1.29 is 17.5 Å². The third-order valence-electron chi connectivity index (χ3n) is 2.24. The van der Waals surface area contributed by atoms with Gasteiger partial charge in [-0.3, -0.25) is 0 Å². The maximum Gasteiger partial charge on any atom is 0.255 e. The molecule has 19 heavy (non-hydrogen) atoms. The topological polar surface area (TPSA) is 56.3 Å². The number of pyridine rings is 1. The van der Waals surface area contributed by atoms with Crippen LogP contribution in [-0.4, -0.2) is 19.7 Å². The summed E-state index contributed by atoms with van der Waals surface area (Å²) < 4.78 is 41.2. The van der Waals surface area contributed by atoms with Gasteiger partial charge in [0.2, 0.25) is 0 Å². The summed E-state index contributed by atoms with van der Waals surface area (Å²) in [5.41, 5.74) is 0. The zero-order chi connectivity index (χ0) is 14.0. The molecule has 1 heterocycles. The van der Waals surface area contributed by atoms with Crippen LogP contribution in [0.1, 0.15) is 0 Å². The number of benzene rings is 1. The first-order valence-corrected chi connectivity index (χ1v) is 7.42. The number of aromatic nitrogens is 1. The number of hydrogen-bond donors (Lipinski definition) is 0. The van der Waals surface area contributed by atoms with E-state index in [4.69, 9.17) is 16.3 Å². The van der Waals surface area contributed by atoms with Crippen molar-refractivity contribution in [2.24, 2.45) is 0 Å². The largest absolute Gasteiger partial charge is 0.436 e. The summed E-state index contributed by atoms with van der Waals surface area (Å²) >= 11 is 5.57. The van der Waals surface area contributed by atoms with Crippen LogP contribution in [0.15, 0.2) is 41.4 Å². The number of ether oxygens (including phenoxy) is 1. The minimum absolute atomic E-state index is 0.157. The van der Waals surface area contributed by atoms with Gasteiger partial charge in [-0.05, 0) is 30.3 Å². The molecule has 2 aromatic rings. The van der Waals surface area contributed by atoms with Crippen molar-refractivity contribution in [2.45, 2.75) is 4.90 Å². The van der Waals surface area contributed by atoms with Gasteiger partial charge in [-0.1, -0.05) is 11.6 Å². The fourth-order valence-electron chi connectivity index (χ4n) is 1.34. The molecule has 100 valence electrons. The fourth-order valence-corrected chi connectivity index (χ4v) is 2.12. The zero-order valence-electron chi connectivity index (χ0n) is 9.80. The van der Waals surface area contributed by atoms with E-state index in [1.807, 2.05) is 0 Å². The first kappa shape index (κ1) is 13.8. The van der Waals surface area contributed by atoms with Gasteiger partial charge in [0, 0.05) is 12.5 Å². The van der Waals surface area contributed by atoms with Crippen LogP contribution in [-0.2, 0) is 9.84 Å². The van der Waals surface area contributed by atoms with Gasteiger partial charge in [-0.2, -0.15) is 0 Å². The van der Waals surface area contributed by atoms with E-state index in [0.717, 1.165) is 12.3 Å². The van der Waals surface area contributed by atoms with Gasteiger partial charge in [0.15, 0.2) is 15.7 Å². The Bertz CT molecular complexity index is 701. The van der Waals surface area contributed by atoms with Gasteiger partial charge in [0.1, 0.15) is 5.75 Å². The highest BCUT2D eigenvalue weighted by molar-refractivity contribution is 7.90. The molecular formula is C12H9ClFNO3S. The summed E-state index contributed by atoms with van der Waals surface area (Å²) in [6.45, 7) is 0. The van der Waals surface area contributed by atoms with Crippen LogP contribution < -0.4 is 4.74 Å². The monoisotopic (exact) mass is 301 g/mol. The van der Waals surface area contributed by atoms with E-state index in [-0.39, 0.29) is 21.5 Å². The Labute approximate surface area is 114 Å². The molecular weight excluding hydrogens is 293 g/mol. The van der Waals surface area contributed by atoms with Crippen LogP contribution in [0, 0.1) is 5.82 Å². The highest BCUT2D eigenvalue weighted by Gasteiger charge is 2.09. The standard InChI is InChI=1S/C12H9ClFNO3S/c1-19(16,17)10-4-2-9(3-5-10)18-12-11(14)6-8(13)7-15-12/h2-7H,1H3. The lowest BCUT2D eigenvalue weighted by Gasteiger charge is -2.06. The molecule has 0 aliphatic carbocycles. The van der Waals surface area contributed by atoms with E-state index < -0.39 is 15.7 Å². The third-order valence-corrected chi connectivity index (χ3v) is 3.58. The molecule has 2 rings (SSSR count). The lowest BCUT2D eigenvalue weighted by Crippen LogP contribution is -1.97. The Balaban J connectivity index is 2.25. The Kier molecular flexibility index (Phi) is 3.73. The molecule has 0 spiro atoms. The van der Waals surface area contributed by atoms with Gasteiger partial charge in [-0.25, -0.2) is 17.8 Å². The molecule has 7 heteroatoms. The zero-order valence-corrected chi connectivity index (χ0v) is 11.4. The number of halogens is 2. The van der Waals surface area contributed by atoms with Crippen molar-refractivity contribution >= 4 is 21.4 Å². The Morgan fingerprint density at radius 1 is 1.26 bits per heavy atom. The van der Waals surface area contributed by atoms with Crippen LogP contribution in [0.25, 0.3) is 0 Å². The maximum absolute atomic E-state index is 13.4. The van der Waals surface area contributed by atoms with E-state index in [1.165, 1.54) is 30.5 Å². The smallest absolute Gasteiger partial charge is 0.255 e. The lowest BCUT2D eigenvalue weighted by molar-refractivity contribution is 0.422. The van der Waals surface area contributed by atoms with Gasteiger partial charge < -0.3 is 4.74 Å². The normalized spacial score (nSPS) is 11.3. The minimum Gasteiger partial charge on any atom is -0.436 e. The predicted octanol–water partition coefficient (Wildman–Crippen LogP) is 3.07. The van der Waals surface area contributed by atoms with Crippen molar-refractivity contribution in [2.75, 3.05) is 6.26 Å². The summed E-state index contributed by atoms with van der Waals surface area (Å²) in [5, 5.41) is 0.164. The van der Waals surface area contributed by atoms with Crippen LogP contribution in [0.4, 0.5) is 4.39 Å². The molecule has 0 N–H and O–H groups in total. The highest BCUT2D eigenvalue weighted by atomic mass is 35.5. The van der Waals surface area contributed by atoms with E-state index in [1.54, 1.807) is 0 Å². The van der Waals surface area contributed by atoms with Crippen LogP contribution in [0.2, 0.25) is 5.02 Å². The van der Waals surface area contributed by atoms with E-state index in [9.17, 15) is 12.8 Å². The summed E-state index contributed by atoms with van der Waals surface area (Å²) in [5.74, 6) is -0.641. The van der Waals surface area contributed by atoms with Gasteiger partial charge in [-0.15, -0.1) is 0 Å². The molecule has 0 atom stereocenters.